The van der Waals surface area contributed by atoms with Gasteiger partial charge in [0.05, 0.1) is 24.8 Å². The average molecular weight is 451 g/mol. The number of aromatic nitrogens is 2. The Hall–Kier alpha value is -3.75. The highest BCUT2D eigenvalue weighted by atomic mass is 19.1. The van der Waals surface area contributed by atoms with E-state index in [4.69, 9.17) is 4.74 Å². The van der Waals surface area contributed by atoms with Gasteiger partial charge in [0.25, 0.3) is 0 Å². The highest BCUT2D eigenvalue weighted by Crippen LogP contribution is 2.39. The molecule has 0 aliphatic carbocycles. The van der Waals surface area contributed by atoms with Crippen LogP contribution in [0.1, 0.15) is 25.0 Å². The fourth-order valence-electron chi connectivity index (χ4n) is 4.20. The van der Waals surface area contributed by atoms with Crippen molar-refractivity contribution in [3.63, 3.8) is 0 Å². The molecule has 0 unspecified atom stereocenters. The quantitative estimate of drug-likeness (QED) is 0.626. The van der Waals surface area contributed by atoms with Crippen LogP contribution in [0.15, 0.2) is 36.5 Å². The van der Waals surface area contributed by atoms with E-state index in [1.54, 1.807) is 6.07 Å². The highest BCUT2D eigenvalue weighted by Gasteiger charge is 2.25. The lowest BCUT2D eigenvalue weighted by Gasteiger charge is -2.34. The van der Waals surface area contributed by atoms with Gasteiger partial charge in [-0.1, -0.05) is 6.07 Å². The van der Waals surface area contributed by atoms with Crippen LogP contribution in [0.3, 0.4) is 0 Å². The second-order valence-corrected chi connectivity index (χ2v) is 8.39. The van der Waals surface area contributed by atoms with Crippen molar-refractivity contribution in [2.45, 2.75) is 32.9 Å². The van der Waals surface area contributed by atoms with Crippen molar-refractivity contribution in [2.75, 3.05) is 23.4 Å². The minimum absolute atomic E-state index is 0.00583. The first-order chi connectivity index (χ1) is 15.9. The van der Waals surface area contributed by atoms with Crippen LogP contribution >= 0.6 is 0 Å². The fraction of sp³-hybridized carbons (Fsp3) is 0.292. The lowest BCUT2D eigenvalue weighted by Crippen LogP contribution is -2.38. The van der Waals surface area contributed by atoms with E-state index in [1.807, 2.05) is 36.9 Å². The second kappa shape index (κ2) is 8.31. The van der Waals surface area contributed by atoms with E-state index in [1.165, 1.54) is 6.07 Å². The molecule has 1 aromatic heterocycles. The van der Waals surface area contributed by atoms with Gasteiger partial charge in [0.15, 0.2) is 17.4 Å². The summed E-state index contributed by atoms with van der Waals surface area (Å²) in [6, 6.07) is 8.66. The van der Waals surface area contributed by atoms with Gasteiger partial charge in [-0.3, -0.25) is 4.79 Å². The van der Waals surface area contributed by atoms with Crippen molar-refractivity contribution in [2.24, 2.45) is 0 Å². The van der Waals surface area contributed by atoms with Gasteiger partial charge in [0, 0.05) is 23.8 Å². The van der Waals surface area contributed by atoms with Crippen molar-refractivity contribution >= 4 is 23.2 Å². The first-order valence-electron chi connectivity index (χ1n) is 10.8. The number of nitrogens with zero attached hydrogens (tertiary/aromatic N) is 3. The van der Waals surface area contributed by atoms with E-state index in [0.717, 1.165) is 17.3 Å². The monoisotopic (exact) mass is 451 g/mol. The third-order valence-corrected chi connectivity index (χ3v) is 5.84. The summed E-state index contributed by atoms with van der Waals surface area (Å²) in [6.45, 7) is 5.48. The van der Waals surface area contributed by atoms with Crippen LogP contribution in [0.4, 0.5) is 26.1 Å². The number of benzene rings is 2. The molecule has 0 atom stereocenters. The van der Waals surface area contributed by atoms with Crippen LogP contribution in [0.2, 0.25) is 0 Å². The normalized spacial score (nSPS) is 14.9. The van der Waals surface area contributed by atoms with E-state index in [9.17, 15) is 13.6 Å². The molecule has 0 radical (unpaired) electrons. The van der Waals surface area contributed by atoms with Gasteiger partial charge < -0.3 is 20.3 Å². The molecule has 7 nitrogen and oxygen atoms in total. The summed E-state index contributed by atoms with van der Waals surface area (Å²) in [4.78, 5) is 22.0. The molecule has 0 bridgehead atoms. The standard InChI is InChI=1S/C24H23F2N5O2/c1-13(2)31-5-6-33-23-18(25)8-15(9-20(23)31)22-19(26)12-28-24(30-22)29-17-4-3-14-10-21(32)27-11-16(14)7-17/h3-4,7-9,12-13H,5-6,10-11H2,1-2H3,(H,27,32)(H,28,29,30). The Bertz CT molecular complexity index is 1250. The Balaban J connectivity index is 1.48. The predicted molar refractivity (Wildman–Crippen MR) is 121 cm³/mol. The molecule has 5 rings (SSSR count). The van der Waals surface area contributed by atoms with Crippen LogP contribution in [-0.2, 0) is 17.8 Å². The number of ether oxygens (including phenoxy) is 1. The van der Waals surface area contributed by atoms with Gasteiger partial charge in [-0.25, -0.2) is 18.7 Å². The molecule has 3 heterocycles. The summed E-state index contributed by atoms with van der Waals surface area (Å²) in [5, 5.41) is 5.89. The Labute approximate surface area is 189 Å². The molecule has 0 fully saturated rings. The molecule has 0 spiro atoms. The molecule has 2 N–H and O–H groups in total. The molecule has 9 heteroatoms. The van der Waals surface area contributed by atoms with Crippen LogP contribution < -0.4 is 20.3 Å². The van der Waals surface area contributed by atoms with Crippen LogP contribution in [0, 0.1) is 11.6 Å². The molecule has 2 aliphatic heterocycles. The summed E-state index contributed by atoms with van der Waals surface area (Å²) in [5.74, 6) is -0.861. The Kier molecular flexibility index (Phi) is 5.32. The summed E-state index contributed by atoms with van der Waals surface area (Å²) >= 11 is 0. The maximum absolute atomic E-state index is 14.9. The van der Waals surface area contributed by atoms with Crippen LogP contribution in [-0.4, -0.2) is 35.1 Å². The van der Waals surface area contributed by atoms with E-state index < -0.39 is 11.6 Å². The minimum Gasteiger partial charge on any atom is -0.486 e. The molecule has 0 saturated heterocycles. The number of hydrogen-bond donors (Lipinski definition) is 2. The van der Waals surface area contributed by atoms with E-state index in [-0.39, 0.29) is 29.3 Å². The van der Waals surface area contributed by atoms with Gasteiger partial charge in [-0.15, -0.1) is 0 Å². The molecule has 2 aromatic carbocycles. The maximum Gasteiger partial charge on any atom is 0.227 e. The van der Waals surface area contributed by atoms with Gasteiger partial charge in [0.2, 0.25) is 11.9 Å². The third kappa shape index (κ3) is 4.06. The van der Waals surface area contributed by atoms with Crippen LogP contribution in [0.5, 0.6) is 5.75 Å². The number of anilines is 3. The van der Waals surface area contributed by atoms with E-state index in [2.05, 4.69) is 20.6 Å². The number of halogens is 2. The lowest BCUT2D eigenvalue weighted by molar-refractivity contribution is -0.121. The Morgan fingerprint density at radius 2 is 2.00 bits per heavy atom. The lowest BCUT2D eigenvalue weighted by atomic mass is 10.00. The maximum atomic E-state index is 14.9. The predicted octanol–water partition coefficient (Wildman–Crippen LogP) is 3.94. The average Bonchev–Trinajstić information content (AvgIpc) is 2.80. The summed E-state index contributed by atoms with van der Waals surface area (Å²) in [7, 11) is 0. The second-order valence-electron chi connectivity index (χ2n) is 8.39. The number of amides is 1. The molecule has 1 amide bonds. The van der Waals surface area contributed by atoms with Crippen molar-refractivity contribution in [3.8, 4) is 17.0 Å². The molecule has 170 valence electrons. The molecular weight excluding hydrogens is 428 g/mol. The fourth-order valence-corrected chi connectivity index (χ4v) is 4.20. The van der Waals surface area contributed by atoms with E-state index in [0.29, 0.717) is 43.1 Å². The zero-order chi connectivity index (χ0) is 23.1. The topological polar surface area (TPSA) is 79.4 Å². The zero-order valence-corrected chi connectivity index (χ0v) is 18.3. The first-order valence-corrected chi connectivity index (χ1v) is 10.8. The van der Waals surface area contributed by atoms with Crippen molar-refractivity contribution in [1.82, 2.24) is 15.3 Å². The van der Waals surface area contributed by atoms with Gasteiger partial charge in [-0.05, 0) is 49.2 Å². The smallest absolute Gasteiger partial charge is 0.227 e. The highest BCUT2D eigenvalue weighted by molar-refractivity contribution is 5.81. The SMILES string of the molecule is CC(C)N1CCOc2c(F)cc(-c3nc(Nc4ccc5c(c4)CNC(=O)C5)ncc3F)cc21. The van der Waals surface area contributed by atoms with E-state index >= 15 is 0 Å². The van der Waals surface area contributed by atoms with Crippen molar-refractivity contribution < 1.29 is 18.3 Å². The molecule has 0 saturated carbocycles. The molecule has 33 heavy (non-hydrogen) atoms. The largest absolute Gasteiger partial charge is 0.486 e. The molecule has 3 aromatic rings. The number of rotatable bonds is 4. The number of carbonyl (C=O) groups is 1. The minimum atomic E-state index is -0.652. The number of nitrogens with one attached hydrogen (secondary N) is 2. The van der Waals surface area contributed by atoms with Crippen LogP contribution in [0.25, 0.3) is 11.3 Å². The molecular formula is C24H23F2N5O2. The van der Waals surface area contributed by atoms with Gasteiger partial charge >= 0.3 is 0 Å². The van der Waals surface area contributed by atoms with Gasteiger partial charge in [0.1, 0.15) is 12.3 Å². The zero-order valence-electron chi connectivity index (χ0n) is 18.3. The number of hydrogen-bond acceptors (Lipinski definition) is 6. The Morgan fingerprint density at radius 3 is 2.82 bits per heavy atom. The number of carbonyl (C=O) groups excluding carboxylic acids is 1. The first kappa shape index (κ1) is 21.1. The van der Waals surface area contributed by atoms with Gasteiger partial charge in [-0.2, -0.15) is 0 Å². The number of fused-ring (bicyclic) bond motifs is 2. The molecule has 2 aliphatic rings. The summed E-state index contributed by atoms with van der Waals surface area (Å²) in [5.41, 5.74) is 3.54. The van der Waals surface area contributed by atoms with Crippen molar-refractivity contribution in [1.29, 1.82) is 0 Å². The Morgan fingerprint density at radius 1 is 1.15 bits per heavy atom. The summed E-state index contributed by atoms with van der Waals surface area (Å²) < 4.78 is 35.1. The van der Waals surface area contributed by atoms with Crippen molar-refractivity contribution in [3.05, 3.63) is 59.3 Å². The third-order valence-electron chi connectivity index (χ3n) is 5.84. The summed E-state index contributed by atoms with van der Waals surface area (Å²) in [6.07, 6.45) is 1.41.